The topological polar surface area (TPSA) is 20.3 Å². The van der Waals surface area contributed by atoms with Crippen LogP contribution in [0, 0.1) is 0 Å². The molecule has 0 N–H and O–H groups in total. The highest BCUT2D eigenvalue weighted by Gasteiger charge is 2.24. The van der Waals surface area contributed by atoms with E-state index in [2.05, 4.69) is 11.0 Å². The van der Waals surface area contributed by atoms with Gasteiger partial charge in [0, 0.05) is 18.7 Å². The molecule has 0 radical (unpaired) electrons. The van der Waals surface area contributed by atoms with E-state index in [0.29, 0.717) is 18.7 Å². The molecule has 0 amide bonds. The fourth-order valence-electron chi connectivity index (χ4n) is 1.66. The third-order valence-electron chi connectivity index (χ3n) is 2.16. The summed E-state index contributed by atoms with van der Waals surface area (Å²) in [5, 5.41) is 0. The second-order valence-corrected chi connectivity index (χ2v) is 2.97. The maximum atomic E-state index is 10.9. The monoisotopic (exact) mass is 137 g/mol. The first-order valence-electron chi connectivity index (χ1n) is 3.82. The second kappa shape index (κ2) is 2.11. The molecule has 2 aliphatic rings. The fourth-order valence-corrected chi connectivity index (χ4v) is 1.66. The number of ketones is 1. The summed E-state index contributed by atoms with van der Waals surface area (Å²) in [6.45, 7) is 1.77. The van der Waals surface area contributed by atoms with Crippen LogP contribution >= 0.6 is 0 Å². The molecule has 54 valence electrons. The molecule has 2 heterocycles. The smallest absolute Gasteiger partial charge is 0.157 e. The first-order chi connectivity index (χ1) is 4.86. The predicted molar refractivity (Wildman–Crippen MR) is 38.5 cm³/mol. The van der Waals surface area contributed by atoms with Gasteiger partial charge in [-0.25, -0.2) is 0 Å². The van der Waals surface area contributed by atoms with Crippen molar-refractivity contribution in [3.63, 3.8) is 0 Å². The molecule has 0 aliphatic carbocycles. The zero-order chi connectivity index (χ0) is 6.97. The van der Waals surface area contributed by atoms with Crippen LogP contribution in [0.5, 0.6) is 0 Å². The van der Waals surface area contributed by atoms with Gasteiger partial charge >= 0.3 is 0 Å². The third kappa shape index (κ3) is 0.838. The van der Waals surface area contributed by atoms with Crippen molar-refractivity contribution in [1.29, 1.82) is 0 Å². The third-order valence-corrected chi connectivity index (χ3v) is 2.16. The number of allylic oxidation sites excluding steroid dienone is 2. The van der Waals surface area contributed by atoms with Crippen LogP contribution in [-0.2, 0) is 4.79 Å². The molecule has 0 aromatic heterocycles. The number of carbonyl (C=O) groups excluding carboxylic acids is 1. The Kier molecular flexibility index (Phi) is 1.26. The molecule has 0 saturated carbocycles. The number of hydrogen-bond acceptors (Lipinski definition) is 2. The van der Waals surface area contributed by atoms with E-state index in [4.69, 9.17) is 0 Å². The van der Waals surface area contributed by atoms with E-state index in [-0.39, 0.29) is 0 Å². The van der Waals surface area contributed by atoms with E-state index >= 15 is 0 Å². The number of rotatable bonds is 0. The zero-order valence-electron chi connectivity index (χ0n) is 5.97. The van der Waals surface area contributed by atoms with E-state index < -0.39 is 0 Å². The Morgan fingerprint density at radius 2 is 2.40 bits per heavy atom. The fraction of sp³-hybridized carbons (Fsp3) is 0.625. The van der Waals surface area contributed by atoms with Gasteiger partial charge < -0.3 is 4.90 Å². The molecule has 0 spiro atoms. The van der Waals surface area contributed by atoms with Gasteiger partial charge in [-0.15, -0.1) is 0 Å². The van der Waals surface area contributed by atoms with E-state index in [0.717, 1.165) is 6.54 Å². The van der Waals surface area contributed by atoms with E-state index in [1.165, 1.54) is 18.5 Å². The van der Waals surface area contributed by atoms with Crippen LogP contribution in [0.1, 0.15) is 19.3 Å². The average molecular weight is 137 g/mol. The van der Waals surface area contributed by atoms with Crippen LogP contribution in [0.2, 0.25) is 0 Å². The molecule has 2 aliphatic heterocycles. The zero-order valence-corrected chi connectivity index (χ0v) is 5.97. The average Bonchev–Trinajstić information content (AvgIpc) is 2.27. The van der Waals surface area contributed by atoms with Crippen LogP contribution < -0.4 is 0 Å². The normalized spacial score (nSPS) is 24.6. The minimum absolute atomic E-state index is 0.383. The van der Waals surface area contributed by atoms with Gasteiger partial charge in [-0.05, 0) is 12.8 Å². The van der Waals surface area contributed by atoms with Crippen LogP contribution in [0.15, 0.2) is 11.8 Å². The van der Waals surface area contributed by atoms with Gasteiger partial charge in [0.2, 0.25) is 0 Å². The van der Waals surface area contributed by atoms with Crippen molar-refractivity contribution in [1.82, 2.24) is 4.90 Å². The molecule has 0 bridgehead atoms. The highest BCUT2D eigenvalue weighted by Crippen LogP contribution is 2.23. The molecule has 2 nitrogen and oxygen atoms in total. The van der Waals surface area contributed by atoms with E-state index in [9.17, 15) is 4.79 Å². The summed E-state index contributed by atoms with van der Waals surface area (Å²) in [5.74, 6) is 0.383. The maximum Gasteiger partial charge on any atom is 0.157 e. The Labute approximate surface area is 60.5 Å². The molecule has 1 saturated heterocycles. The number of nitrogens with zero attached hydrogens (tertiary/aromatic N) is 1. The number of carbonyl (C=O) groups is 1. The van der Waals surface area contributed by atoms with Crippen molar-refractivity contribution < 1.29 is 4.79 Å². The lowest BCUT2D eigenvalue weighted by atomic mass is 10.1. The predicted octanol–water partition coefficient (Wildman–Crippen LogP) is 0.939. The lowest BCUT2D eigenvalue weighted by molar-refractivity contribution is -0.116. The molecule has 10 heavy (non-hydrogen) atoms. The molecular formula is C8H11NO. The standard InChI is InChI=1S/C8H11NO/c10-8-5-7-3-1-2-4-9(7)6-8/h3H,1-2,4-6H2. The highest BCUT2D eigenvalue weighted by atomic mass is 16.1. The summed E-state index contributed by atoms with van der Waals surface area (Å²) >= 11 is 0. The van der Waals surface area contributed by atoms with Crippen molar-refractivity contribution in [2.45, 2.75) is 19.3 Å². The molecule has 0 atom stereocenters. The van der Waals surface area contributed by atoms with Crippen molar-refractivity contribution in [2.24, 2.45) is 0 Å². The summed E-state index contributed by atoms with van der Waals surface area (Å²) in [6, 6.07) is 0. The van der Waals surface area contributed by atoms with Gasteiger partial charge in [-0.2, -0.15) is 0 Å². The highest BCUT2D eigenvalue weighted by molar-refractivity contribution is 5.85. The molecule has 2 rings (SSSR count). The molecule has 0 unspecified atom stereocenters. The summed E-state index contributed by atoms with van der Waals surface area (Å²) < 4.78 is 0. The SMILES string of the molecule is O=C1CC2=CCCCN2C1. The first-order valence-corrected chi connectivity index (χ1v) is 3.82. The lowest BCUT2D eigenvalue weighted by Gasteiger charge is -2.22. The molecule has 0 aromatic carbocycles. The minimum Gasteiger partial charge on any atom is -0.367 e. The molecule has 2 heteroatoms. The Morgan fingerprint density at radius 1 is 1.50 bits per heavy atom. The van der Waals surface area contributed by atoms with Crippen LogP contribution in [0.25, 0.3) is 0 Å². The summed E-state index contributed by atoms with van der Waals surface area (Å²) in [7, 11) is 0. The van der Waals surface area contributed by atoms with Crippen molar-refractivity contribution in [2.75, 3.05) is 13.1 Å². The van der Waals surface area contributed by atoms with Gasteiger partial charge in [0.15, 0.2) is 5.78 Å². The van der Waals surface area contributed by atoms with Gasteiger partial charge in [0.1, 0.15) is 0 Å². The number of fused-ring (bicyclic) bond motifs is 1. The Bertz CT molecular complexity index is 195. The summed E-state index contributed by atoms with van der Waals surface area (Å²) in [4.78, 5) is 13.1. The lowest BCUT2D eigenvalue weighted by Crippen LogP contribution is -2.22. The van der Waals surface area contributed by atoms with Crippen molar-refractivity contribution >= 4 is 5.78 Å². The molecule has 0 aromatic rings. The quantitative estimate of drug-likeness (QED) is 0.495. The number of hydrogen-bond donors (Lipinski definition) is 0. The first kappa shape index (κ1) is 5.96. The van der Waals surface area contributed by atoms with Crippen LogP contribution in [0.4, 0.5) is 0 Å². The van der Waals surface area contributed by atoms with Gasteiger partial charge in [-0.1, -0.05) is 6.08 Å². The van der Waals surface area contributed by atoms with Crippen molar-refractivity contribution in [3.8, 4) is 0 Å². The number of Topliss-reactive ketones (excluding diaryl/α,β-unsaturated/α-hetero) is 1. The molecule has 1 fully saturated rings. The van der Waals surface area contributed by atoms with Crippen molar-refractivity contribution in [3.05, 3.63) is 11.8 Å². The largest absolute Gasteiger partial charge is 0.367 e. The van der Waals surface area contributed by atoms with Gasteiger partial charge in [0.25, 0.3) is 0 Å². The van der Waals surface area contributed by atoms with E-state index in [1.807, 2.05) is 0 Å². The summed E-state index contributed by atoms with van der Waals surface area (Å²) in [6.07, 6.45) is 5.28. The Balaban J connectivity index is 2.20. The maximum absolute atomic E-state index is 10.9. The minimum atomic E-state index is 0.383. The van der Waals surface area contributed by atoms with Gasteiger partial charge in [0.05, 0.1) is 6.54 Å². The Morgan fingerprint density at radius 3 is 3.20 bits per heavy atom. The summed E-state index contributed by atoms with van der Waals surface area (Å²) in [5.41, 5.74) is 1.27. The van der Waals surface area contributed by atoms with Crippen LogP contribution in [0.3, 0.4) is 0 Å². The van der Waals surface area contributed by atoms with Crippen LogP contribution in [-0.4, -0.2) is 23.8 Å². The van der Waals surface area contributed by atoms with Gasteiger partial charge in [-0.3, -0.25) is 4.79 Å². The molecular weight excluding hydrogens is 126 g/mol. The second-order valence-electron chi connectivity index (χ2n) is 2.97. The Hall–Kier alpha value is -0.790. The van der Waals surface area contributed by atoms with E-state index in [1.54, 1.807) is 0 Å².